The number of nitrogens with one attached hydrogen (secondary N) is 2. The largest absolute Gasteiger partial charge is 0.394 e. The van der Waals surface area contributed by atoms with E-state index in [-0.39, 0.29) is 12.5 Å². The van der Waals surface area contributed by atoms with Gasteiger partial charge < -0.3 is 10.4 Å². The molecule has 0 aliphatic heterocycles. The zero-order valence-corrected chi connectivity index (χ0v) is 14.0. The monoisotopic (exact) mass is 330 g/mol. The van der Waals surface area contributed by atoms with E-state index in [1.807, 2.05) is 18.2 Å². The Morgan fingerprint density at radius 1 is 1.09 bits per heavy atom. The highest BCUT2D eigenvalue weighted by atomic mass is 32.2. The summed E-state index contributed by atoms with van der Waals surface area (Å²) in [5, 5.41) is 14.8. The molecule has 122 valence electrons. The van der Waals surface area contributed by atoms with E-state index in [0.717, 1.165) is 11.3 Å². The second kappa shape index (κ2) is 9.35. The number of hydrogen-bond acceptors (Lipinski definition) is 4. The van der Waals surface area contributed by atoms with Crippen LogP contribution in [0.2, 0.25) is 0 Å². The lowest BCUT2D eigenvalue weighted by Crippen LogP contribution is -2.44. The highest BCUT2D eigenvalue weighted by Gasteiger charge is 2.14. The van der Waals surface area contributed by atoms with Crippen LogP contribution in [-0.2, 0) is 17.1 Å². The van der Waals surface area contributed by atoms with E-state index >= 15 is 0 Å². The van der Waals surface area contributed by atoms with Crippen LogP contribution >= 0.6 is 11.8 Å². The first-order valence-corrected chi connectivity index (χ1v) is 8.53. The van der Waals surface area contributed by atoms with E-state index in [1.54, 1.807) is 18.8 Å². The molecule has 4 nitrogen and oxygen atoms in total. The summed E-state index contributed by atoms with van der Waals surface area (Å²) in [6.07, 6.45) is 0. The number of carbonyl (C=O) groups is 1. The highest BCUT2D eigenvalue weighted by molar-refractivity contribution is 7.98. The van der Waals surface area contributed by atoms with Gasteiger partial charge in [0.15, 0.2) is 0 Å². The Balaban J connectivity index is 1.83. The average Bonchev–Trinajstić information content (AvgIpc) is 2.62. The smallest absolute Gasteiger partial charge is 0.239 e. The molecule has 0 radical (unpaired) electrons. The van der Waals surface area contributed by atoms with Gasteiger partial charge in [-0.3, -0.25) is 10.1 Å². The van der Waals surface area contributed by atoms with Crippen molar-refractivity contribution in [3.8, 4) is 0 Å². The topological polar surface area (TPSA) is 61.4 Å². The molecule has 1 atom stereocenters. The van der Waals surface area contributed by atoms with Crippen molar-refractivity contribution in [3.63, 3.8) is 0 Å². The van der Waals surface area contributed by atoms with Crippen LogP contribution in [0.25, 0.3) is 0 Å². The number of hydrogen-bond donors (Lipinski definition) is 3. The Labute approximate surface area is 141 Å². The lowest BCUT2D eigenvalue weighted by Gasteiger charge is -2.14. The molecule has 0 fully saturated rings. The number of rotatable bonds is 8. The third-order valence-electron chi connectivity index (χ3n) is 3.47. The van der Waals surface area contributed by atoms with Crippen molar-refractivity contribution in [3.05, 3.63) is 65.7 Å². The molecule has 0 saturated heterocycles. The van der Waals surface area contributed by atoms with E-state index in [1.165, 1.54) is 10.5 Å². The molecule has 0 bridgehead atoms. The normalized spacial score (nSPS) is 11.9. The fourth-order valence-electron chi connectivity index (χ4n) is 2.10. The number of thioether (sulfide) groups is 1. The number of aliphatic hydroxyl groups excluding tert-OH is 1. The Bertz CT molecular complexity index is 602. The fourth-order valence-corrected chi connectivity index (χ4v) is 2.95. The first-order valence-electron chi connectivity index (χ1n) is 7.54. The number of amides is 1. The molecule has 2 aromatic carbocycles. The molecule has 0 spiro atoms. The minimum Gasteiger partial charge on any atom is -0.394 e. The Morgan fingerprint density at radius 2 is 1.78 bits per heavy atom. The first-order chi connectivity index (χ1) is 11.2. The predicted molar refractivity (Wildman–Crippen MR) is 94.2 cm³/mol. The van der Waals surface area contributed by atoms with E-state index in [0.29, 0.717) is 6.54 Å². The van der Waals surface area contributed by atoms with E-state index in [9.17, 15) is 9.90 Å². The second-order valence-corrected chi connectivity index (χ2v) is 6.20. The van der Waals surface area contributed by atoms with Crippen molar-refractivity contribution in [2.24, 2.45) is 0 Å². The molecule has 0 aromatic heterocycles. The van der Waals surface area contributed by atoms with Crippen molar-refractivity contribution < 1.29 is 9.90 Å². The van der Waals surface area contributed by atoms with Gasteiger partial charge in [0.1, 0.15) is 6.04 Å². The summed E-state index contributed by atoms with van der Waals surface area (Å²) in [5.74, 6) is 0.740. The molecule has 0 unspecified atom stereocenters. The highest BCUT2D eigenvalue weighted by Crippen LogP contribution is 2.22. The third kappa shape index (κ3) is 5.71. The van der Waals surface area contributed by atoms with Gasteiger partial charge >= 0.3 is 0 Å². The first kappa shape index (κ1) is 17.5. The number of likely N-dealkylation sites (N-methyl/N-ethyl adjacent to an activating group) is 1. The molecule has 0 heterocycles. The predicted octanol–water partition coefficient (Wildman–Crippen LogP) is 2.18. The van der Waals surface area contributed by atoms with Gasteiger partial charge in [0.2, 0.25) is 5.91 Å². The molecule has 2 aromatic rings. The number of aliphatic hydroxyl groups is 1. The zero-order chi connectivity index (χ0) is 16.5. The van der Waals surface area contributed by atoms with Crippen molar-refractivity contribution in [2.75, 3.05) is 13.7 Å². The van der Waals surface area contributed by atoms with Crippen LogP contribution in [0.4, 0.5) is 0 Å². The summed E-state index contributed by atoms with van der Waals surface area (Å²) in [4.78, 5) is 12.7. The van der Waals surface area contributed by atoms with Crippen LogP contribution in [0.15, 0.2) is 59.5 Å². The van der Waals surface area contributed by atoms with E-state index < -0.39 is 6.04 Å². The minimum absolute atomic E-state index is 0.206. The maximum Gasteiger partial charge on any atom is 0.239 e. The Morgan fingerprint density at radius 3 is 2.39 bits per heavy atom. The maximum atomic E-state index is 11.5. The van der Waals surface area contributed by atoms with Gasteiger partial charge in [-0.05, 0) is 23.3 Å². The van der Waals surface area contributed by atoms with Gasteiger partial charge in [-0.25, -0.2) is 0 Å². The van der Waals surface area contributed by atoms with Gasteiger partial charge in [0.05, 0.1) is 6.61 Å². The standard InChI is InChI=1S/C18H22N2O2S/c1-19-18(22)17(12-21)20-11-14-7-9-16(10-8-14)23-13-15-5-3-2-4-6-15/h2-10,17,20-21H,11-13H2,1H3,(H,19,22)/t17-/m0/s1. The van der Waals surface area contributed by atoms with E-state index in [2.05, 4.69) is 47.0 Å². The van der Waals surface area contributed by atoms with Crippen molar-refractivity contribution in [2.45, 2.75) is 23.2 Å². The summed E-state index contributed by atoms with van der Waals surface area (Å²) < 4.78 is 0. The summed E-state index contributed by atoms with van der Waals surface area (Å²) >= 11 is 1.80. The van der Waals surface area contributed by atoms with Crippen molar-refractivity contribution in [1.82, 2.24) is 10.6 Å². The molecule has 0 aliphatic rings. The quantitative estimate of drug-likeness (QED) is 0.649. The Hall–Kier alpha value is -1.82. The summed E-state index contributed by atoms with van der Waals surface area (Å²) in [5.41, 5.74) is 2.39. The number of benzene rings is 2. The molecular weight excluding hydrogens is 308 g/mol. The summed E-state index contributed by atoms with van der Waals surface area (Å²) in [7, 11) is 1.56. The lowest BCUT2D eigenvalue weighted by molar-refractivity contribution is -0.123. The number of carbonyl (C=O) groups excluding carboxylic acids is 1. The molecule has 0 saturated carbocycles. The lowest BCUT2D eigenvalue weighted by atomic mass is 10.2. The molecule has 5 heteroatoms. The van der Waals surface area contributed by atoms with Crippen LogP contribution in [0.5, 0.6) is 0 Å². The van der Waals surface area contributed by atoms with Crippen LogP contribution in [0.3, 0.4) is 0 Å². The van der Waals surface area contributed by atoms with E-state index in [4.69, 9.17) is 0 Å². The molecular formula is C18H22N2O2S. The summed E-state index contributed by atoms with van der Waals surface area (Å²) in [6.45, 7) is 0.326. The van der Waals surface area contributed by atoms with Gasteiger partial charge in [0, 0.05) is 24.2 Å². The second-order valence-electron chi connectivity index (χ2n) is 5.15. The molecule has 23 heavy (non-hydrogen) atoms. The van der Waals surface area contributed by atoms with Crippen molar-refractivity contribution >= 4 is 17.7 Å². The van der Waals surface area contributed by atoms with Crippen molar-refractivity contribution in [1.29, 1.82) is 0 Å². The van der Waals surface area contributed by atoms with Gasteiger partial charge in [0.25, 0.3) is 0 Å². The van der Waals surface area contributed by atoms with Crippen LogP contribution in [0.1, 0.15) is 11.1 Å². The van der Waals surface area contributed by atoms with Crippen LogP contribution < -0.4 is 10.6 Å². The molecule has 0 aliphatic carbocycles. The molecule has 1 amide bonds. The van der Waals surface area contributed by atoms with Gasteiger partial charge in [-0.15, -0.1) is 11.8 Å². The molecule has 3 N–H and O–H groups in total. The average molecular weight is 330 g/mol. The van der Waals surface area contributed by atoms with Crippen LogP contribution in [-0.4, -0.2) is 30.7 Å². The molecule has 2 rings (SSSR count). The van der Waals surface area contributed by atoms with Gasteiger partial charge in [-0.1, -0.05) is 42.5 Å². The third-order valence-corrected chi connectivity index (χ3v) is 4.55. The minimum atomic E-state index is -0.577. The fraction of sp³-hybridized carbons (Fsp3) is 0.278. The maximum absolute atomic E-state index is 11.5. The zero-order valence-electron chi connectivity index (χ0n) is 13.2. The van der Waals surface area contributed by atoms with Gasteiger partial charge in [-0.2, -0.15) is 0 Å². The Kier molecular flexibility index (Phi) is 7.13. The van der Waals surface area contributed by atoms with Crippen LogP contribution in [0, 0.1) is 0 Å². The SMILES string of the molecule is CNC(=O)[C@H](CO)NCc1ccc(SCc2ccccc2)cc1. The summed E-state index contributed by atoms with van der Waals surface area (Å²) in [6, 6.07) is 18.0.